The van der Waals surface area contributed by atoms with Crippen molar-refractivity contribution in [1.82, 2.24) is 4.90 Å². The first-order valence-corrected chi connectivity index (χ1v) is 11.3. The Hall–Kier alpha value is -1.98. The minimum atomic E-state index is -0.730. The van der Waals surface area contributed by atoms with E-state index < -0.39 is 23.8 Å². The van der Waals surface area contributed by atoms with Crippen LogP contribution in [-0.4, -0.2) is 46.4 Å². The van der Waals surface area contributed by atoms with Crippen LogP contribution in [0.1, 0.15) is 85.5 Å². The van der Waals surface area contributed by atoms with E-state index in [1.807, 2.05) is 20.8 Å². The van der Waals surface area contributed by atoms with Gasteiger partial charge in [-0.1, -0.05) is 62.0 Å². The fourth-order valence-electron chi connectivity index (χ4n) is 3.52. The first-order valence-electron chi connectivity index (χ1n) is 11.3. The van der Waals surface area contributed by atoms with E-state index in [1.54, 1.807) is 4.90 Å². The van der Waals surface area contributed by atoms with Crippen molar-refractivity contribution < 1.29 is 14.6 Å². The quantitative estimate of drug-likeness (QED) is 0.140. The number of unbranched alkanes of at least 4 members (excludes halogenated alkanes) is 5. The van der Waals surface area contributed by atoms with E-state index >= 15 is 0 Å². The molecule has 1 rings (SSSR count). The van der Waals surface area contributed by atoms with Gasteiger partial charge in [-0.15, -0.1) is 0 Å². The number of hydrogen-bond donors (Lipinski definition) is 1. The zero-order valence-corrected chi connectivity index (χ0v) is 19.2. The second-order valence-corrected chi connectivity index (χ2v) is 9.00. The topological polar surface area (TPSA) is 98.5 Å². The summed E-state index contributed by atoms with van der Waals surface area (Å²) in [6.45, 7) is 7.88. The number of carbonyl (C=O) groups is 1. The van der Waals surface area contributed by atoms with Crippen molar-refractivity contribution in [2.24, 2.45) is 5.11 Å². The van der Waals surface area contributed by atoms with Crippen molar-refractivity contribution in [2.45, 2.75) is 109 Å². The summed E-state index contributed by atoms with van der Waals surface area (Å²) in [6.07, 6.45) is 16.5. The van der Waals surface area contributed by atoms with E-state index in [2.05, 4.69) is 41.3 Å². The van der Waals surface area contributed by atoms with Crippen LogP contribution in [0.2, 0.25) is 0 Å². The van der Waals surface area contributed by atoms with Crippen molar-refractivity contribution in [1.29, 1.82) is 0 Å². The Labute approximate surface area is 181 Å². The summed E-state index contributed by atoms with van der Waals surface area (Å²) >= 11 is 0. The van der Waals surface area contributed by atoms with Gasteiger partial charge in [0.05, 0.1) is 12.1 Å². The van der Waals surface area contributed by atoms with Gasteiger partial charge in [-0.2, -0.15) is 0 Å². The Bertz CT molecular complexity index is 606. The number of allylic oxidation sites excluding steroid dienone is 4. The van der Waals surface area contributed by atoms with E-state index in [9.17, 15) is 9.90 Å². The van der Waals surface area contributed by atoms with Crippen LogP contribution in [0.15, 0.2) is 29.4 Å². The fourth-order valence-corrected chi connectivity index (χ4v) is 3.52. The standard InChI is InChI=1S/C23H40N4O3/c1-5-6-7-8-9-10-11-12-13-14-15-16-19-17-21(28)20(25-26-24)18-27(19)22(29)30-23(2,3)4/h8-11,19-21,28H,5-7,12-18H2,1-4H3/b9-8+,11-10+/t19-,20+,21+/m1/s1. The number of aliphatic hydroxyl groups excluding tert-OH is 1. The summed E-state index contributed by atoms with van der Waals surface area (Å²) in [4.78, 5) is 17.1. The van der Waals surface area contributed by atoms with Gasteiger partial charge in [0.25, 0.3) is 0 Å². The zero-order valence-electron chi connectivity index (χ0n) is 19.2. The monoisotopic (exact) mass is 420 g/mol. The van der Waals surface area contributed by atoms with Crippen molar-refractivity contribution >= 4 is 6.09 Å². The summed E-state index contributed by atoms with van der Waals surface area (Å²) in [6, 6.07) is -0.730. The third-order valence-corrected chi connectivity index (χ3v) is 5.13. The molecule has 0 spiro atoms. The molecular formula is C23H40N4O3. The summed E-state index contributed by atoms with van der Waals surface area (Å²) < 4.78 is 5.53. The van der Waals surface area contributed by atoms with Crippen molar-refractivity contribution in [3.63, 3.8) is 0 Å². The zero-order chi connectivity index (χ0) is 22.4. The summed E-state index contributed by atoms with van der Waals surface area (Å²) in [5.41, 5.74) is 8.14. The predicted molar refractivity (Wildman–Crippen MR) is 121 cm³/mol. The first kappa shape index (κ1) is 26.1. The fraction of sp³-hybridized carbons (Fsp3) is 0.783. The van der Waals surface area contributed by atoms with Crippen LogP contribution in [0, 0.1) is 0 Å². The summed E-state index contributed by atoms with van der Waals surface area (Å²) in [5.74, 6) is 0. The minimum absolute atomic E-state index is 0.1000. The van der Waals surface area contributed by atoms with Crippen molar-refractivity contribution in [2.75, 3.05) is 6.54 Å². The maximum absolute atomic E-state index is 12.7. The molecule has 0 aliphatic carbocycles. The van der Waals surface area contributed by atoms with Crippen LogP contribution in [-0.2, 0) is 4.74 Å². The third kappa shape index (κ3) is 10.7. The first-order chi connectivity index (χ1) is 14.3. The Morgan fingerprint density at radius 2 is 1.87 bits per heavy atom. The number of carbonyl (C=O) groups excluding carboxylic acids is 1. The van der Waals surface area contributed by atoms with Gasteiger partial charge in [-0.3, -0.25) is 0 Å². The number of likely N-dealkylation sites (tertiary alicyclic amines) is 1. The number of amides is 1. The molecule has 1 aliphatic rings. The highest BCUT2D eigenvalue weighted by Crippen LogP contribution is 2.26. The predicted octanol–water partition coefficient (Wildman–Crippen LogP) is 6.29. The molecule has 1 N–H and O–H groups in total. The molecule has 0 aromatic heterocycles. The second-order valence-electron chi connectivity index (χ2n) is 9.00. The molecule has 0 aromatic rings. The molecule has 1 heterocycles. The lowest BCUT2D eigenvalue weighted by molar-refractivity contribution is -0.0162. The van der Waals surface area contributed by atoms with Crippen LogP contribution in [0.3, 0.4) is 0 Å². The highest BCUT2D eigenvalue weighted by Gasteiger charge is 2.38. The maximum Gasteiger partial charge on any atom is 0.410 e. The lowest BCUT2D eigenvalue weighted by Gasteiger charge is -2.41. The molecule has 1 saturated heterocycles. The van der Waals surface area contributed by atoms with Gasteiger partial charge < -0.3 is 14.7 Å². The molecule has 0 saturated carbocycles. The SMILES string of the molecule is CCCC/C=C/C=C/CCCCC[C@@H]1C[C@H](O)[C@@H](N=[N+]=[N-])CN1C(=O)OC(C)(C)C. The summed E-state index contributed by atoms with van der Waals surface area (Å²) in [5, 5.41) is 14.0. The second kappa shape index (κ2) is 14.1. The van der Waals surface area contributed by atoms with Crippen LogP contribution >= 0.6 is 0 Å². The number of hydrogen-bond acceptors (Lipinski definition) is 4. The van der Waals surface area contributed by atoms with Crippen molar-refractivity contribution in [3.05, 3.63) is 34.7 Å². The number of piperidine rings is 1. The molecule has 7 nitrogen and oxygen atoms in total. The Kier molecular flexibility index (Phi) is 12.2. The molecule has 170 valence electrons. The van der Waals surface area contributed by atoms with E-state index in [0.717, 1.165) is 38.5 Å². The average Bonchev–Trinajstić information content (AvgIpc) is 2.66. The number of azide groups is 1. The highest BCUT2D eigenvalue weighted by molar-refractivity contribution is 5.69. The van der Waals surface area contributed by atoms with E-state index in [4.69, 9.17) is 10.3 Å². The minimum Gasteiger partial charge on any atom is -0.444 e. The van der Waals surface area contributed by atoms with Crippen LogP contribution in [0.4, 0.5) is 4.79 Å². The maximum atomic E-state index is 12.7. The van der Waals surface area contributed by atoms with E-state index in [1.165, 1.54) is 12.8 Å². The van der Waals surface area contributed by atoms with Gasteiger partial charge in [0.15, 0.2) is 0 Å². The normalized spacial score (nSPS) is 22.4. The van der Waals surface area contributed by atoms with E-state index in [-0.39, 0.29) is 12.6 Å². The molecule has 1 aliphatic heterocycles. The molecule has 0 radical (unpaired) electrons. The molecule has 0 unspecified atom stereocenters. The molecule has 3 atom stereocenters. The Morgan fingerprint density at radius 3 is 2.47 bits per heavy atom. The van der Waals surface area contributed by atoms with E-state index in [0.29, 0.717) is 6.42 Å². The largest absolute Gasteiger partial charge is 0.444 e. The Balaban J connectivity index is 2.48. The lowest BCUT2D eigenvalue weighted by atomic mass is 9.92. The van der Waals surface area contributed by atoms with Crippen LogP contribution in [0.25, 0.3) is 10.4 Å². The summed E-state index contributed by atoms with van der Waals surface area (Å²) in [7, 11) is 0. The van der Waals surface area contributed by atoms with Gasteiger partial charge in [0, 0.05) is 17.5 Å². The van der Waals surface area contributed by atoms with Crippen LogP contribution in [0.5, 0.6) is 0 Å². The van der Waals surface area contributed by atoms with Gasteiger partial charge in [-0.05, 0) is 58.4 Å². The molecule has 1 fully saturated rings. The van der Waals surface area contributed by atoms with Gasteiger partial charge in [0.1, 0.15) is 5.60 Å². The molecule has 7 heteroatoms. The van der Waals surface area contributed by atoms with Gasteiger partial charge in [0.2, 0.25) is 0 Å². The molecule has 0 bridgehead atoms. The Morgan fingerprint density at radius 1 is 1.20 bits per heavy atom. The number of ether oxygens (including phenoxy) is 1. The average molecular weight is 421 g/mol. The van der Waals surface area contributed by atoms with Gasteiger partial charge in [-0.25, -0.2) is 4.79 Å². The molecular weight excluding hydrogens is 380 g/mol. The highest BCUT2D eigenvalue weighted by atomic mass is 16.6. The van der Waals surface area contributed by atoms with Crippen molar-refractivity contribution in [3.8, 4) is 0 Å². The third-order valence-electron chi connectivity index (χ3n) is 5.13. The molecule has 30 heavy (non-hydrogen) atoms. The molecule has 1 amide bonds. The number of nitrogens with zero attached hydrogens (tertiary/aromatic N) is 4. The lowest BCUT2D eigenvalue weighted by Crippen LogP contribution is -2.54. The smallest absolute Gasteiger partial charge is 0.410 e. The van der Waals surface area contributed by atoms with Gasteiger partial charge >= 0.3 is 6.09 Å². The molecule has 0 aromatic carbocycles. The van der Waals surface area contributed by atoms with Crippen LogP contribution < -0.4 is 0 Å². The number of aliphatic hydroxyl groups is 1. The number of rotatable bonds is 11.